The van der Waals surface area contributed by atoms with Gasteiger partial charge in [-0.1, -0.05) is 13.8 Å². The molecule has 0 aliphatic carbocycles. The maximum absolute atomic E-state index is 11.5. The number of carbonyl (C=O) groups is 2. The Balaban J connectivity index is 2.27. The summed E-state index contributed by atoms with van der Waals surface area (Å²) in [5.41, 5.74) is 0. The Kier molecular flexibility index (Phi) is 3.92. The van der Waals surface area contributed by atoms with E-state index >= 15 is 0 Å². The van der Waals surface area contributed by atoms with Crippen molar-refractivity contribution in [3.05, 3.63) is 0 Å². The summed E-state index contributed by atoms with van der Waals surface area (Å²) < 4.78 is 0. The zero-order valence-electron chi connectivity index (χ0n) is 8.80. The Hall–Kier alpha value is -1.06. The maximum atomic E-state index is 11.5. The maximum Gasteiger partial charge on any atom is 0.224 e. The van der Waals surface area contributed by atoms with Gasteiger partial charge in [-0.2, -0.15) is 0 Å². The first-order valence-electron chi connectivity index (χ1n) is 5.14. The van der Waals surface area contributed by atoms with Crippen LogP contribution in [0.4, 0.5) is 0 Å². The van der Waals surface area contributed by atoms with Crippen molar-refractivity contribution >= 4 is 11.8 Å². The minimum Gasteiger partial charge on any atom is -0.356 e. The Labute approximate surface area is 84.4 Å². The van der Waals surface area contributed by atoms with Crippen LogP contribution in [0.5, 0.6) is 0 Å². The van der Waals surface area contributed by atoms with Crippen LogP contribution in [0.3, 0.4) is 0 Å². The Morgan fingerprint density at radius 1 is 1.64 bits per heavy atom. The Morgan fingerprint density at radius 3 is 2.86 bits per heavy atom. The van der Waals surface area contributed by atoms with Crippen LogP contribution >= 0.6 is 0 Å². The summed E-state index contributed by atoms with van der Waals surface area (Å²) >= 11 is 0. The monoisotopic (exact) mass is 198 g/mol. The number of rotatable bonds is 3. The highest BCUT2D eigenvalue weighted by Crippen LogP contribution is 2.10. The number of carbonyl (C=O) groups excluding carboxylic acids is 2. The van der Waals surface area contributed by atoms with Gasteiger partial charge in [-0.05, 0) is 12.3 Å². The smallest absolute Gasteiger partial charge is 0.224 e. The van der Waals surface area contributed by atoms with E-state index in [2.05, 4.69) is 24.5 Å². The average molecular weight is 198 g/mol. The molecule has 2 amide bonds. The summed E-state index contributed by atoms with van der Waals surface area (Å²) in [4.78, 5) is 22.4. The van der Waals surface area contributed by atoms with Gasteiger partial charge in [0.2, 0.25) is 11.8 Å². The lowest BCUT2D eigenvalue weighted by Gasteiger charge is -2.21. The highest BCUT2D eigenvalue weighted by molar-refractivity contribution is 5.83. The van der Waals surface area contributed by atoms with E-state index in [1.807, 2.05) is 0 Å². The molecule has 4 nitrogen and oxygen atoms in total. The van der Waals surface area contributed by atoms with Crippen LogP contribution in [0.25, 0.3) is 0 Å². The quantitative estimate of drug-likeness (QED) is 0.684. The molecule has 0 spiro atoms. The molecule has 2 N–H and O–H groups in total. The summed E-state index contributed by atoms with van der Waals surface area (Å²) in [6.45, 7) is 5.32. The van der Waals surface area contributed by atoms with E-state index in [0.29, 0.717) is 31.8 Å². The molecule has 14 heavy (non-hydrogen) atoms. The lowest BCUT2D eigenvalue weighted by Crippen LogP contribution is -2.43. The van der Waals surface area contributed by atoms with Crippen molar-refractivity contribution in [3.8, 4) is 0 Å². The number of hydrogen-bond acceptors (Lipinski definition) is 2. The van der Waals surface area contributed by atoms with Gasteiger partial charge in [-0.15, -0.1) is 0 Å². The Bertz CT molecular complexity index is 216. The van der Waals surface area contributed by atoms with Crippen molar-refractivity contribution < 1.29 is 9.59 Å². The average Bonchev–Trinajstić information content (AvgIpc) is 2.15. The standard InChI is InChI=1S/C10H18N2O2/c1-7(2)5-12-10(14)8-3-4-9(13)11-6-8/h7-8H,3-6H2,1-2H3,(H,11,13)(H,12,14). The summed E-state index contributed by atoms with van der Waals surface area (Å²) in [7, 11) is 0. The van der Waals surface area contributed by atoms with Gasteiger partial charge in [0.25, 0.3) is 0 Å². The van der Waals surface area contributed by atoms with Gasteiger partial charge in [0.15, 0.2) is 0 Å². The van der Waals surface area contributed by atoms with Crippen molar-refractivity contribution in [1.29, 1.82) is 0 Å². The lowest BCUT2D eigenvalue weighted by atomic mass is 9.98. The van der Waals surface area contributed by atoms with Crippen LogP contribution in [-0.2, 0) is 9.59 Å². The molecular formula is C10H18N2O2. The second-order valence-corrected chi connectivity index (χ2v) is 4.18. The van der Waals surface area contributed by atoms with Gasteiger partial charge in [-0.25, -0.2) is 0 Å². The molecule has 0 bridgehead atoms. The predicted molar refractivity (Wildman–Crippen MR) is 53.6 cm³/mol. The van der Waals surface area contributed by atoms with Gasteiger partial charge >= 0.3 is 0 Å². The van der Waals surface area contributed by atoms with E-state index in [0.717, 1.165) is 0 Å². The number of nitrogens with one attached hydrogen (secondary N) is 2. The molecule has 1 fully saturated rings. The van der Waals surface area contributed by atoms with Crippen LogP contribution in [-0.4, -0.2) is 24.9 Å². The van der Waals surface area contributed by atoms with Gasteiger partial charge in [-0.3, -0.25) is 9.59 Å². The summed E-state index contributed by atoms with van der Waals surface area (Å²) in [5, 5.41) is 5.58. The van der Waals surface area contributed by atoms with E-state index in [4.69, 9.17) is 0 Å². The van der Waals surface area contributed by atoms with Crippen LogP contribution in [0.2, 0.25) is 0 Å². The Morgan fingerprint density at radius 2 is 2.36 bits per heavy atom. The van der Waals surface area contributed by atoms with E-state index in [-0.39, 0.29) is 17.7 Å². The van der Waals surface area contributed by atoms with Gasteiger partial charge in [0.05, 0.1) is 5.92 Å². The van der Waals surface area contributed by atoms with E-state index in [9.17, 15) is 9.59 Å². The highest BCUT2D eigenvalue weighted by atomic mass is 16.2. The topological polar surface area (TPSA) is 58.2 Å². The zero-order chi connectivity index (χ0) is 10.6. The van der Waals surface area contributed by atoms with Crippen LogP contribution in [0, 0.1) is 11.8 Å². The number of amides is 2. The minimum absolute atomic E-state index is 0.0357. The second-order valence-electron chi connectivity index (χ2n) is 4.18. The van der Waals surface area contributed by atoms with Crippen molar-refractivity contribution in [1.82, 2.24) is 10.6 Å². The SMILES string of the molecule is CC(C)CNC(=O)C1CCC(=O)NC1. The summed E-state index contributed by atoms with van der Waals surface area (Å²) in [6.07, 6.45) is 1.15. The van der Waals surface area contributed by atoms with Crippen molar-refractivity contribution in [2.24, 2.45) is 11.8 Å². The molecule has 1 saturated heterocycles. The first-order valence-corrected chi connectivity index (χ1v) is 5.14. The fourth-order valence-electron chi connectivity index (χ4n) is 1.41. The molecular weight excluding hydrogens is 180 g/mol. The van der Waals surface area contributed by atoms with E-state index < -0.39 is 0 Å². The molecule has 1 unspecified atom stereocenters. The molecule has 1 aliphatic heterocycles. The second kappa shape index (κ2) is 4.98. The van der Waals surface area contributed by atoms with E-state index in [1.165, 1.54) is 0 Å². The van der Waals surface area contributed by atoms with Gasteiger partial charge < -0.3 is 10.6 Å². The fourth-order valence-corrected chi connectivity index (χ4v) is 1.41. The molecule has 1 heterocycles. The molecule has 1 atom stereocenters. The normalized spacial score (nSPS) is 21.9. The molecule has 1 rings (SSSR count). The third kappa shape index (κ3) is 3.36. The minimum atomic E-state index is -0.0357. The third-order valence-corrected chi connectivity index (χ3v) is 2.32. The van der Waals surface area contributed by atoms with Crippen molar-refractivity contribution in [2.45, 2.75) is 26.7 Å². The number of hydrogen-bond donors (Lipinski definition) is 2. The molecule has 0 aromatic rings. The molecule has 0 radical (unpaired) electrons. The molecule has 80 valence electrons. The summed E-state index contributed by atoms with van der Waals surface area (Å²) in [5.74, 6) is 0.556. The van der Waals surface area contributed by atoms with Crippen molar-refractivity contribution in [3.63, 3.8) is 0 Å². The van der Waals surface area contributed by atoms with Crippen LogP contribution < -0.4 is 10.6 Å². The fraction of sp³-hybridized carbons (Fsp3) is 0.800. The molecule has 0 aromatic heterocycles. The molecule has 4 heteroatoms. The first-order chi connectivity index (χ1) is 6.59. The van der Waals surface area contributed by atoms with Crippen LogP contribution in [0.15, 0.2) is 0 Å². The lowest BCUT2D eigenvalue weighted by molar-refractivity contribution is -0.129. The predicted octanol–water partition coefficient (Wildman–Crippen LogP) is 0.285. The third-order valence-electron chi connectivity index (χ3n) is 2.32. The van der Waals surface area contributed by atoms with Gasteiger partial charge in [0.1, 0.15) is 0 Å². The largest absolute Gasteiger partial charge is 0.356 e. The van der Waals surface area contributed by atoms with Crippen molar-refractivity contribution in [2.75, 3.05) is 13.1 Å². The summed E-state index contributed by atoms with van der Waals surface area (Å²) in [6, 6.07) is 0. The molecule has 0 aromatic carbocycles. The zero-order valence-corrected chi connectivity index (χ0v) is 8.80. The highest BCUT2D eigenvalue weighted by Gasteiger charge is 2.23. The van der Waals surface area contributed by atoms with Gasteiger partial charge in [0, 0.05) is 19.5 Å². The number of piperidine rings is 1. The first kappa shape index (κ1) is 11.0. The van der Waals surface area contributed by atoms with Crippen LogP contribution in [0.1, 0.15) is 26.7 Å². The molecule has 0 saturated carbocycles. The molecule has 1 aliphatic rings. The van der Waals surface area contributed by atoms with E-state index in [1.54, 1.807) is 0 Å².